The molecule has 0 bridgehead atoms. The third-order valence-corrected chi connectivity index (χ3v) is 4.33. The molecule has 2 rings (SSSR count). The molecule has 1 saturated carbocycles. The number of benzene rings is 1. The Kier molecular flexibility index (Phi) is 3.98. The second kappa shape index (κ2) is 5.28. The van der Waals surface area contributed by atoms with Crippen molar-refractivity contribution in [2.24, 2.45) is 11.7 Å². The monoisotopic (exact) mass is 285 g/mol. The SMILES string of the molecule is N[C@@H](c1cccc(F)c1Br)C1CCCCC1. The molecule has 0 amide bonds. The third kappa shape index (κ3) is 2.46. The molecule has 0 heterocycles. The lowest BCUT2D eigenvalue weighted by Gasteiger charge is -2.28. The molecule has 0 saturated heterocycles. The van der Waals surface area contributed by atoms with Gasteiger partial charge in [0.1, 0.15) is 5.82 Å². The molecule has 88 valence electrons. The maximum atomic E-state index is 13.4. The average Bonchev–Trinajstić information content (AvgIpc) is 2.33. The van der Waals surface area contributed by atoms with E-state index in [0.717, 1.165) is 5.56 Å². The van der Waals surface area contributed by atoms with E-state index in [2.05, 4.69) is 15.9 Å². The van der Waals surface area contributed by atoms with E-state index in [1.54, 1.807) is 6.07 Å². The zero-order valence-electron chi connectivity index (χ0n) is 9.26. The van der Waals surface area contributed by atoms with Crippen molar-refractivity contribution < 1.29 is 4.39 Å². The van der Waals surface area contributed by atoms with E-state index in [4.69, 9.17) is 5.73 Å². The summed E-state index contributed by atoms with van der Waals surface area (Å²) in [6, 6.07) is 5.08. The topological polar surface area (TPSA) is 26.0 Å². The van der Waals surface area contributed by atoms with Crippen molar-refractivity contribution >= 4 is 15.9 Å². The van der Waals surface area contributed by atoms with E-state index < -0.39 is 0 Å². The van der Waals surface area contributed by atoms with E-state index in [1.165, 1.54) is 38.2 Å². The van der Waals surface area contributed by atoms with Crippen LogP contribution in [0.25, 0.3) is 0 Å². The molecule has 16 heavy (non-hydrogen) atoms. The van der Waals surface area contributed by atoms with Crippen molar-refractivity contribution in [1.29, 1.82) is 0 Å². The van der Waals surface area contributed by atoms with E-state index in [1.807, 2.05) is 6.07 Å². The average molecular weight is 286 g/mol. The minimum absolute atomic E-state index is 0.0367. The molecular weight excluding hydrogens is 269 g/mol. The lowest BCUT2D eigenvalue weighted by Crippen LogP contribution is -2.24. The highest BCUT2D eigenvalue weighted by Crippen LogP contribution is 2.36. The summed E-state index contributed by atoms with van der Waals surface area (Å²) in [5.74, 6) is 0.288. The first-order chi connectivity index (χ1) is 7.70. The maximum absolute atomic E-state index is 13.4. The summed E-state index contributed by atoms with van der Waals surface area (Å²) in [6.07, 6.45) is 6.17. The molecule has 1 atom stereocenters. The number of rotatable bonds is 2. The van der Waals surface area contributed by atoms with Gasteiger partial charge in [-0.3, -0.25) is 0 Å². The van der Waals surface area contributed by atoms with Crippen LogP contribution < -0.4 is 5.73 Å². The van der Waals surface area contributed by atoms with Gasteiger partial charge >= 0.3 is 0 Å². The zero-order valence-corrected chi connectivity index (χ0v) is 10.8. The molecule has 1 aromatic rings. The number of nitrogens with two attached hydrogens (primary N) is 1. The Hall–Kier alpha value is -0.410. The molecule has 1 aliphatic rings. The molecule has 3 heteroatoms. The molecule has 1 aliphatic carbocycles. The van der Waals surface area contributed by atoms with E-state index in [0.29, 0.717) is 10.4 Å². The highest BCUT2D eigenvalue weighted by molar-refractivity contribution is 9.10. The van der Waals surface area contributed by atoms with Crippen LogP contribution in [0.15, 0.2) is 22.7 Å². The first-order valence-electron chi connectivity index (χ1n) is 5.89. The molecule has 2 N–H and O–H groups in total. The Morgan fingerprint density at radius 2 is 1.94 bits per heavy atom. The highest BCUT2D eigenvalue weighted by atomic mass is 79.9. The fourth-order valence-electron chi connectivity index (χ4n) is 2.53. The van der Waals surface area contributed by atoms with E-state index in [9.17, 15) is 4.39 Å². The summed E-state index contributed by atoms with van der Waals surface area (Å²) < 4.78 is 13.9. The van der Waals surface area contributed by atoms with Gasteiger partial charge < -0.3 is 5.73 Å². The molecule has 1 nitrogen and oxygen atoms in total. The Morgan fingerprint density at radius 1 is 1.25 bits per heavy atom. The van der Waals surface area contributed by atoms with Gasteiger partial charge in [0.05, 0.1) is 4.47 Å². The Morgan fingerprint density at radius 3 is 2.62 bits per heavy atom. The van der Waals surface area contributed by atoms with E-state index >= 15 is 0 Å². The molecule has 0 radical (unpaired) electrons. The second-order valence-corrected chi connectivity index (χ2v) is 5.36. The van der Waals surface area contributed by atoms with Crippen molar-refractivity contribution in [2.45, 2.75) is 38.1 Å². The van der Waals surface area contributed by atoms with Crippen molar-refractivity contribution in [3.8, 4) is 0 Å². The molecule has 1 aromatic carbocycles. The summed E-state index contributed by atoms with van der Waals surface area (Å²) >= 11 is 3.29. The first-order valence-corrected chi connectivity index (χ1v) is 6.69. The summed E-state index contributed by atoms with van der Waals surface area (Å²) in [6.45, 7) is 0. The summed E-state index contributed by atoms with van der Waals surface area (Å²) in [7, 11) is 0. The first kappa shape index (κ1) is 12.1. The van der Waals surface area contributed by atoms with Gasteiger partial charge in [-0.15, -0.1) is 0 Å². The summed E-state index contributed by atoms with van der Waals surface area (Å²) in [4.78, 5) is 0. The molecule has 1 fully saturated rings. The maximum Gasteiger partial charge on any atom is 0.137 e. The highest BCUT2D eigenvalue weighted by Gasteiger charge is 2.23. The van der Waals surface area contributed by atoms with E-state index in [-0.39, 0.29) is 11.9 Å². The lowest BCUT2D eigenvalue weighted by atomic mass is 9.81. The van der Waals surface area contributed by atoms with Gasteiger partial charge in [0.15, 0.2) is 0 Å². The Labute approximate surface area is 104 Å². The van der Waals surface area contributed by atoms with Crippen molar-refractivity contribution in [1.82, 2.24) is 0 Å². The molecular formula is C13H17BrFN. The summed E-state index contributed by atoms with van der Waals surface area (Å²) in [5.41, 5.74) is 7.15. The van der Waals surface area contributed by atoms with Crippen LogP contribution in [-0.4, -0.2) is 0 Å². The van der Waals surface area contributed by atoms with Crippen molar-refractivity contribution in [2.75, 3.05) is 0 Å². The van der Waals surface area contributed by atoms with Gasteiger partial charge in [0.25, 0.3) is 0 Å². The van der Waals surface area contributed by atoms with Gasteiger partial charge in [-0.2, -0.15) is 0 Å². The van der Waals surface area contributed by atoms with Crippen LogP contribution in [0.1, 0.15) is 43.7 Å². The largest absolute Gasteiger partial charge is 0.324 e. The van der Waals surface area contributed by atoms with Crippen LogP contribution in [0.4, 0.5) is 4.39 Å². The Bertz CT molecular complexity index is 361. The predicted molar refractivity (Wildman–Crippen MR) is 67.6 cm³/mol. The fraction of sp³-hybridized carbons (Fsp3) is 0.538. The van der Waals surface area contributed by atoms with Crippen LogP contribution in [0, 0.1) is 11.7 Å². The molecule has 0 aliphatic heterocycles. The summed E-state index contributed by atoms with van der Waals surface area (Å²) in [5, 5.41) is 0. The quantitative estimate of drug-likeness (QED) is 0.867. The predicted octanol–water partition coefficient (Wildman–Crippen LogP) is 4.17. The van der Waals surface area contributed by atoms with Crippen LogP contribution in [-0.2, 0) is 0 Å². The van der Waals surface area contributed by atoms with Gasteiger partial charge in [0.2, 0.25) is 0 Å². The van der Waals surface area contributed by atoms with Crippen molar-refractivity contribution in [3.63, 3.8) is 0 Å². The van der Waals surface area contributed by atoms with Crippen LogP contribution in [0.2, 0.25) is 0 Å². The minimum Gasteiger partial charge on any atom is -0.324 e. The number of hydrogen-bond acceptors (Lipinski definition) is 1. The molecule has 0 unspecified atom stereocenters. The van der Waals surface area contributed by atoms with Gasteiger partial charge in [-0.25, -0.2) is 4.39 Å². The molecule has 0 aromatic heterocycles. The van der Waals surface area contributed by atoms with Crippen LogP contribution in [0.5, 0.6) is 0 Å². The smallest absolute Gasteiger partial charge is 0.137 e. The van der Waals surface area contributed by atoms with Gasteiger partial charge in [-0.05, 0) is 46.3 Å². The standard InChI is InChI=1S/C13H17BrFN/c14-12-10(7-4-8-11(12)15)13(16)9-5-2-1-3-6-9/h4,7-9,13H,1-3,5-6,16H2/t13-/m1/s1. The minimum atomic E-state index is -0.219. The number of hydrogen-bond donors (Lipinski definition) is 1. The van der Waals surface area contributed by atoms with Crippen molar-refractivity contribution in [3.05, 3.63) is 34.1 Å². The number of halogens is 2. The van der Waals surface area contributed by atoms with Gasteiger partial charge in [0, 0.05) is 6.04 Å². The Balaban J connectivity index is 2.19. The van der Waals surface area contributed by atoms with Crippen LogP contribution >= 0.6 is 15.9 Å². The third-order valence-electron chi connectivity index (χ3n) is 3.50. The van der Waals surface area contributed by atoms with Gasteiger partial charge in [-0.1, -0.05) is 31.4 Å². The normalized spacial score (nSPS) is 19.7. The van der Waals surface area contributed by atoms with Crippen LogP contribution in [0.3, 0.4) is 0 Å². The lowest BCUT2D eigenvalue weighted by molar-refractivity contribution is 0.307. The molecule has 0 spiro atoms. The zero-order chi connectivity index (χ0) is 11.5. The fourth-order valence-corrected chi connectivity index (χ4v) is 3.05. The second-order valence-electron chi connectivity index (χ2n) is 4.57.